The van der Waals surface area contributed by atoms with Crippen molar-refractivity contribution in [3.63, 3.8) is 0 Å². The molecule has 0 unspecified atom stereocenters. The summed E-state index contributed by atoms with van der Waals surface area (Å²) in [5.74, 6) is -0.0597. The lowest BCUT2D eigenvalue weighted by Crippen LogP contribution is -2.31. The van der Waals surface area contributed by atoms with Crippen LogP contribution in [0.15, 0.2) is 0 Å². The van der Waals surface area contributed by atoms with Gasteiger partial charge in [-0.25, -0.2) is 0 Å². The summed E-state index contributed by atoms with van der Waals surface area (Å²) in [6, 6.07) is 0. The molecule has 90 valence electrons. The van der Waals surface area contributed by atoms with Gasteiger partial charge >= 0.3 is 0 Å². The zero-order valence-corrected chi connectivity index (χ0v) is 10.3. The summed E-state index contributed by atoms with van der Waals surface area (Å²) in [5, 5.41) is 9.02. The fourth-order valence-corrected chi connectivity index (χ4v) is 2.34. The fraction of sp³-hybridized carbons (Fsp3) is 1.00. The molecule has 1 fully saturated rings. The Balaban J connectivity index is 2.65. The Morgan fingerprint density at radius 3 is 2.40 bits per heavy atom. The van der Waals surface area contributed by atoms with E-state index in [0.717, 1.165) is 19.3 Å². The number of aliphatic hydroxyl groups excluding tert-OH is 1. The standard InChI is InChI=1S/C12H24O3/c1-5-9(7-8-13)11-10(6-2)14-12(3,4)15-11/h9-11,13H,5-8H2,1-4H3/t9-,10+,11+/m1/s1. The van der Waals surface area contributed by atoms with Gasteiger partial charge in [-0.2, -0.15) is 0 Å². The SMILES string of the molecule is CC[C@H](CCO)[C@@H]1OC(C)(C)O[C@H]1CC. The number of rotatable bonds is 5. The first kappa shape index (κ1) is 12.9. The van der Waals surface area contributed by atoms with Crippen LogP contribution in [0.2, 0.25) is 0 Å². The van der Waals surface area contributed by atoms with Gasteiger partial charge in [0, 0.05) is 6.61 Å². The highest BCUT2D eigenvalue weighted by Crippen LogP contribution is 2.35. The van der Waals surface area contributed by atoms with E-state index in [9.17, 15) is 0 Å². The molecule has 1 rings (SSSR count). The van der Waals surface area contributed by atoms with Crippen LogP contribution in [0, 0.1) is 5.92 Å². The molecule has 3 nitrogen and oxygen atoms in total. The molecule has 0 radical (unpaired) electrons. The summed E-state index contributed by atoms with van der Waals surface area (Å²) in [7, 11) is 0. The molecule has 0 aromatic heterocycles. The second-order valence-electron chi connectivity index (χ2n) is 4.73. The minimum absolute atomic E-state index is 0.141. The zero-order valence-electron chi connectivity index (χ0n) is 10.3. The molecule has 0 saturated carbocycles. The van der Waals surface area contributed by atoms with E-state index in [1.807, 2.05) is 13.8 Å². The monoisotopic (exact) mass is 216 g/mol. The van der Waals surface area contributed by atoms with E-state index in [2.05, 4.69) is 13.8 Å². The number of hydrogen-bond donors (Lipinski definition) is 1. The Hall–Kier alpha value is -0.120. The third-order valence-corrected chi connectivity index (χ3v) is 3.11. The van der Waals surface area contributed by atoms with Gasteiger partial charge in [-0.3, -0.25) is 0 Å². The van der Waals surface area contributed by atoms with Crippen molar-refractivity contribution >= 4 is 0 Å². The van der Waals surface area contributed by atoms with Crippen LogP contribution in [0.25, 0.3) is 0 Å². The average molecular weight is 216 g/mol. The van der Waals surface area contributed by atoms with E-state index < -0.39 is 5.79 Å². The quantitative estimate of drug-likeness (QED) is 0.766. The second-order valence-corrected chi connectivity index (χ2v) is 4.73. The number of aliphatic hydroxyl groups is 1. The fourth-order valence-electron chi connectivity index (χ4n) is 2.34. The third-order valence-electron chi connectivity index (χ3n) is 3.11. The van der Waals surface area contributed by atoms with Crippen LogP contribution in [0.4, 0.5) is 0 Å². The largest absolute Gasteiger partial charge is 0.396 e. The van der Waals surface area contributed by atoms with E-state index in [0.29, 0.717) is 5.92 Å². The zero-order chi connectivity index (χ0) is 11.5. The Morgan fingerprint density at radius 2 is 1.93 bits per heavy atom. The van der Waals surface area contributed by atoms with Crippen molar-refractivity contribution in [1.82, 2.24) is 0 Å². The molecule has 1 saturated heterocycles. The molecule has 1 N–H and O–H groups in total. The van der Waals surface area contributed by atoms with Crippen LogP contribution in [0.5, 0.6) is 0 Å². The Labute approximate surface area is 92.8 Å². The van der Waals surface area contributed by atoms with E-state index >= 15 is 0 Å². The summed E-state index contributed by atoms with van der Waals surface area (Å²) in [4.78, 5) is 0. The van der Waals surface area contributed by atoms with Crippen molar-refractivity contribution < 1.29 is 14.6 Å². The molecule has 1 aliphatic rings. The van der Waals surface area contributed by atoms with Gasteiger partial charge in [0.1, 0.15) is 0 Å². The number of hydrogen-bond acceptors (Lipinski definition) is 3. The van der Waals surface area contributed by atoms with Crippen molar-refractivity contribution in [2.24, 2.45) is 5.92 Å². The first-order valence-electron chi connectivity index (χ1n) is 6.00. The molecule has 15 heavy (non-hydrogen) atoms. The molecule has 1 aliphatic heterocycles. The van der Waals surface area contributed by atoms with Crippen LogP contribution >= 0.6 is 0 Å². The predicted molar refractivity (Wildman–Crippen MR) is 59.6 cm³/mol. The smallest absolute Gasteiger partial charge is 0.163 e. The highest BCUT2D eigenvalue weighted by atomic mass is 16.7. The van der Waals surface area contributed by atoms with Gasteiger partial charge in [0.15, 0.2) is 5.79 Å². The highest BCUT2D eigenvalue weighted by Gasteiger charge is 2.43. The van der Waals surface area contributed by atoms with Crippen molar-refractivity contribution in [3.8, 4) is 0 Å². The summed E-state index contributed by atoms with van der Waals surface area (Å²) in [5.41, 5.74) is 0. The van der Waals surface area contributed by atoms with Crippen molar-refractivity contribution in [1.29, 1.82) is 0 Å². The minimum Gasteiger partial charge on any atom is -0.396 e. The summed E-state index contributed by atoms with van der Waals surface area (Å²) < 4.78 is 11.8. The summed E-state index contributed by atoms with van der Waals surface area (Å²) in [6.07, 6.45) is 3.12. The minimum atomic E-state index is -0.464. The van der Waals surface area contributed by atoms with E-state index in [1.165, 1.54) is 0 Å². The average Bonchev–Trinajstić information content (AvgIpc) is 2.50. The normalized spacial score (nSPS) is 31.8. The van der Waals surface area contributed by atoms with Gasteiger partial charge in [-0.15, -0.1) is 0 Å². The van der Waals surface area contributed by atoms with Crippen LogP contribution in [0.3, 0.4) is 0 Å². The van der Waals surface area contributed by atoms with Crippen LogP contribution in [0.1, 0.15) is 47.0 Å². The van der Waals surface area contributed by atoms with Crippen molar-refractivity contribution in [3.05, 3.63) is 0 Å². The predicted octanol–water partition coefficient (Wildman–Crippen LogP) is 2.33. The highest BCUT2D eigenvalue weighted by molar-refractivity contribution is 4.85. The molecule has 0 aromatic carbocycles. The van der Waals surface area contributed by atoms with E-state index in [1.54, 1.807) is 0 Å². The van der Waals surface area contributed by atoms with Crippen LogP contribution in [-0.4, -0.2) is 29.7 Å². The van der Waals surface area contributed by atoms with Gasteiger partial charge in [0.05, 0.1) is 12.2 Å². The van der Waals surface area contributed by atoms with E-state index in [-0.39, 0.29) is 18.8 Å². The first-order valence-corrected chi connectivity index (χ1v) is 6.00. The summed E-state index contributed by atoms with van der Waals surface area (Å²) in [6.45, 7) is 8.41. The Morgan fingerprint density at radius 1 is 1.27 bits per heavy atom. The Kier molecular flexibility index (Phi) is 4.56. The molecule has 1 heterocycles. The Bertz CT molecular complexity index is 191. The molecule has 0 bridgehead atoms. The van der Waals surface area contributed by atoms with Crippen LogP contribution < -0.4 is 0 Å². The van der Waals surface area contributed by atoms with Gasteiger partial charge in [-0.05, 0) is 32.6 Å². The molecule has 0 amide bonds. The lowest BCUT2D eigenvalue weighted by atomic mass is 9.91. The van der Waals surface area contributed by atoms with Crippen molar-refractivity contribution in [2.45, 2.75) is 65.0 Å². The molecule has 0 spiro atoms. The maximum Gasteiger partial charge on any atom is 0.163 e. The van der Waals surface area contributed by atoms with Gasteiger partial charge in [0.25, 0.3) is 0 Å². The molecule has 3 heteroatoms. The maximum atomic E-state index is 9.02. The molecular formula is C12H24O3. The maximum absolute atomic E-state index is 9.02. The van der Waals surface area contributed by atoms with Crippen LogP contribution in [-0.2, 0) is 9.47 Å². The summed E-state index contributed by atoms with van der Waals surface area (Å²) >= 11 is 0. The number of ether oxygens (including phenoxy) is 2. The van der Waals surface area contributed by atoms with Gasteiger partial charge in [0.2, 0.25) is 0 Å². The molecule has 0 aliphatic carbocycles. The third kappa shape index (κ3) is 3.16. The van der Waals surface area contributed by atoms with E-state index in [4.69, 9.17) is 14.6 Å². The van der Waals surface area contributed by atoms with Gasteiger partial charge in [-0.1, -0.05) is 20.3 Å². The van der Waals surface area contributed by atoms with Gasteiger partial charge < -0.3 is 14.6 Å². The molecule has 3 atom stereocenters. The van der Waals surface area contributed by atoms with Crippen molar-refractivity contribution in [2.75, 3.05) is 6.61 Å². The topological polar surface area (TPSA) is 38.7 Å². The lowest BCUT2D eigenvalue weighted by Gasteiger charge is -2.24. The molecule has 0 aromatic rings. The molecular weight excluding hydrogens is 192 g/mol. The lowest BCUT2D eigenvalue weighted by molar-refractivity contribution is -0.151. The second kappa shape index (κ2) is 5.28. The first-order chi connectivity index (χ1) is 7.04.